The molecule has 0 bridgehead atoms. The second kappa shape index (κ2) is 6.61. The number of benzene rings is 1. The number of hydrogen-bond donors (Lipinski definition) is 0. The van der Waals surface area contributed by atoms with Gasteiger partial charge in [-0.25, -0.2) is 0 Å². The van der Waals surface area contributed by atoms with Gasteiger partial charge in [0.05, 0.1) is 0 Å². The predicted octanol–water partition coefficient (Wildman–Crippen LogP) is -0.708. The van der Waals surface area contributed by atoms with Crippen LogP contribution >= 0.6 is 15.9 Å². The van der Waals surface area contributed by atoms with Gasteiger partial charge in [-0.3, -0.25) is 4.21 Å². The Kier molecular flexibility index (Phi) is 6.64. The molecule has 3 nitrogen and oxygen atoms in total. The van der Waals surface area contributed by atoms with E-state index in [1.165, 1.54) is 12.1 Å². The average molecular weight is 293 g/mol. The molecule has 1 atom stereocenters. The van der Waals surface area contributed by atoms with Crippen molar-refractivity contribution in [2.24, 2.45) is 0 Å². The van der Waals surface area contributed by atoms with E-state index in [1.54, 1.807) is 0 Å². The Bertz CT molecular complexity index is 364. The second-order valence-corrected chi connectivity index (χ2v) is 4.09. The van der Waals surface area contributed by atoms with Crippen molar-refractivity contribution in [2.75, 3.05) is 0 Å². The number of hydrogen-bond acceptors (Lipinski definition) is 3. The normalized spacial score (nSPS) is 12.1. The molecular weight excluding hydrogens is 289 g/mol. The van der Waals surface area contributed by atoms with Gasteiger partial charge >= 0.3 is 25.5 Å². The first-order valence-electron chi connectivity index (χ1n) is 3.33. The quantitative estimate of drug-likeness (QED) is 0.546. The molecule has 0 heterocycles. The summed E-state index contributed by atoms with van der Waals surface area (Å²) >= 11 is 0.504. The van der Waals surface area contributed by atoms with Crippen LogP contribution in [0.5, 0.6) is 5.75 Å². The molecule has 8 heteroatoms. The molecule has 0 aromatic heterocycles. The maximum atomic E-state index is 11.8. The van der Waals surface area contributed by atoms with Crippen LogP contribution in [0.1, 0.15) is 0 Å². The molecule has 0 N–H and O–H groups in total. The van der Waals surface area contributed by atoms with Crippen molar-refractivity contribution < 1.29 is 41.1 Å². The van der Waals surface area contributed by atoms with E-state index in [1.807, 2.05) is 0 Å². The SMILES string of the molecule is O=S([O-])c1cc(Br)cc(OC(F)F)c1.[Li+]. The van der Waals surface area contributed by atoms with Gasteiger partial charge in [-0.05, 0) is 29.3 Å². The fraction of sp³-hybridized carbons (Fsp3) is 0.143. The minimum Gasteiger partial charge on any atom is -0.768 e. The monoisotopic (exact) mass is 292 g/mol. The van der Waals surface area contributed by atoms with Gasteiger partial charge in [0.1, 0.15) is 5.75 Å². The fourth-order valence-corrected chi connectivity index (χ4v) is 1.86. The molecule has 15 heavy (non-hydrogen) atoms. The first-order chi connectivity index (χ1) is 6.49. The van der Waals surface area contributed by atoms with Crippen LogP contribution < -0.4 is 23.6 Å². The summed E-state index contributed by atoms with van der Waals surface area (Å²) in [7, 11) is 0. The molecule has 0 spiro atoms. The molecule has 78 valence electrons. The van der Waals surface area contributed by atoms with Crippen molar-refractivity contribution in [3.63, 3.8) is 0 Å². The topological polar surface area (TPSA) is 49.4 Å². The minimum atomic E-state index is -2.97. The third-order valence-electron chi connectivity index (χ3n) is 1.26. The third kappa shape index (κ3) is 5.09. The number of rotatable bonds is 3. The molecule has 0 fully saturated rings. The van der Waals surface area contributed by atoms with Gasteiger partial charge in [0.25, 0.3) is 0 Å². The van der Waals surface area contributed by atoms with E-state index in [9.17, 15) is 17.5 Å². The van der Waals surface area contributed by atoms with Gasteiger partial charge in [-0.2, -0.15) is 8.78 Å². The van der Waals surface area contributed by atoms with Gasteiger partial charge in [0.2, 0.25) is 0 Å². The Hall–Kier alpha value is 0.0674. The molecule has 0 saturated heterocycles. The van der Waals surface area contributed by atoms with Crippen molar-refractivity contribution in [2.45, 2.75) is 11.5 Å². The van der Waals surface area contributed by atoms with Crippen LogP contribution in [0, 0.1) is 0 Å². The predicted molar refractivity (Wildman–Crippen MR) is 48.0 cm³/mol. The van der Waals surface area contributed by atoms with E-state index in [0.717, 1.165) is 6.07 Å². The average Bonchev–Trinajstić information content (AvgIpc) is 2.01. The van der Waals surface area contributed by atoms with Gasteiger partial charge < -0.3 is 9.29 Å². The van der Waals surface area contributed by atoms with Crippen LogP contribution in [0.2, 0.25) is 0 Å². The summed E-state index contributed by atoms with van der Waals surface area (Å²) in [5.41, 5.74) is 0. The molecule has 1 aromatic rings. The molecular formula is C7H4BrF2LiO3S. The van der Waals surface area contributed by atoms with E-state index in [4.69, 9.17) is 0 Å². The molecule has 1 rings (SSSR count). The Balaban J connectivity index is 0.00000196. The first kappa shape index (κ1) is 15.1. The minimum absolute atomic E-state index is 0. The zero-order valence-corrected chi connectivity index (χ0v) is 9.98. The fourth-order valence-electron chi connectivity index (χ4n) is 0.804. The molecule has 0 aliphatic carbocycles. The summed E-state index contributed by atoms with van der Waals surface area (Å²) in [5, 5.41) is 0. The molecule has 1 aromatic carbocycles. The number of alkyl halides is 2. The van der Waals surface area contributed by atoms with Crippen LogP contribution in [0.3, 0.4) is 0 Å². The van der Waals surface area contributed by atoms with E-state index in [0.29, 0.717) is 4.47 Å². The van der Waals surface area contributed by atoms with Crippen molar-refractivity contribution in [3.8, 4) is 5.75 Å². The second-order valence-electron chi connectivity index (χ2n) is 2.24. The van der Waals surface area contributed by atoms with Gasteiger partial charge in [0, 0.05) is 9.37 Å². The molecule has 0 amide bonds. The summed E-state index contributed by atoms with van der Waals surface area (Å²) in [6.07, 6.45) is 0. The summed E-state index contributed by atoms with van der Waals surface area (Å²) in [6.45, 7) is -2.97. The maximum Gasteiger partial charge on any atom is 1.00 e. The van der Waals surface area contributed by atoms with Crippen LogP contribution in [0.15, 0.2) is 27.6 Å². The van der Waals surface area contributed by atoms with Crippen molar-refractivity contribution in [1.29, 1.82) is 0 Å². The number of ether oxygens (including phenoxy) is 1. The number of halogens is 3. The van der Waals surface area contributed by atoms with Gasteiger partial charge in [0.15, 0.2) is 0 Å². The Morgan fingerprint density at radius 1 is 1.40 bits per heavy atom. The summed E-state index contributed by atoms with van der Waals surface area (Å²) < 4.78 is 49.0. The standard InChI is InChI=1S/C7H5BrF2O3S.Li/c8-4-1-5(13-7(9)10)3-6(2-4)14(11)12;/h1-3,7H,(H,11,12);/q;+1/p-1. The van der Waals surface area contributed by atoms with E-state index >= 15 is 0 Å². The zero-order valence-electron chi connectivity index (χ0n) is 7.58. The van der Waals surface area contributed by atoms with Crippen molar-refractivity contribution >= 4 is 27.0 Å². The smallest absolute Gasteiger partial charge is 0.768 e. The van der Waals surface area contributed by atoms with Crippen molar-refractivity contribution in [1.82, 2.24) is 0 Å². The summed E-state index contributed by atoms with van der Waals surface area (Å²) in [5.74, 6) is -0.200. The largest absolute Gasteiger partial charge is 1.00 e. The zero-order chi connectivity index (χ0) is 10.7. The van der Waals surface area contributed by atoms with Crippen LogP contribution in [0.25, 0.3) is 0 Å². The first-order valence-corrected chi connectivity index (χ1v) is 5.20. The molecule has 1 unspecified atom stereocenters. The van der Waals surface area contributed by atoms with Gasteiger partial charge in [-0.1, -0.05) is 15.9 Å². The van der Waals surface area contributed by atoms with Crippen LogP contribution in [-0.4, -0.2) is 15.4 Å². The Morgan fingerprint density at radius 2 is 2.00 bits per heavy atom. The van der Waals surface area contributed by atoms with Gasteiger partial charge in [-0.15, -0.1) is 0 Å². The van der Waals surface area contributed by atoms with E-state index in [2.05, 4.69) is 20.7 Å². The van der Waals surface area contributed by atoms with E-state index in [-0.39, 0.29) is 29.5 Å². The van der Waals surface area contributed by atoms with Crippen molar-refractivity contribution in [3.05, 3.63) is 22.7 Å². The Labute approximate surface area is 108 Å². The maximum absolute atomic E-state index is 11.8. The Morgan fingerprint density at radius 3 is 2.47 bits per heavy atom. The van der Waals surface area contributed by atoms with Crippen LogP contribution in [-0.2, 0) is 11.1 Å². The molecule has 0 aliphatic rings. The summed E-state index contributed by atoms with van der Waals surface area (Å²) in [6, 6.07) is 3.55. The molecule has 0 aliphatic heterocycles. The third-order valence-corrected chi connectivity index (χ3v) is 2.34. The molecule has 0 radical (unpaired) electrons. The van der Waals surface area contributed by atoms with E-state index < -0.39 is 17.7 Å². The molecule has 0 saturated carbocycles. The summed E-state index contributed by atoms with van der Waals surface area (Å²) in [4.78, 5) is -0.116. The van der Waals surface area contributed by atoms with Crippen LogP contribution in [0.4, 0.5) is 8.78 Å².